The van der Waals surface area contributed by atoms with Gasteiger partial charge in [-0.1, -0.05) is 129 Å². The predicted octanol–water partition coefficient (Wildman–Crippen LogP) is 13.2. The number of hydrogen-bond acceptors (Lipinski definition) is 1. The summed E-state index contributed by atoms with van der Waals surface area (Å²) in [6, 6.07) is 54.6. The molecule has 9 aromatic rings. The molecule has 1 aliphatic rings. The van der Waals surface area contributed by atoms with Crippen LogP contribution in [0, 0.1) is 0 Å². The molecule has 1 heterocycles. The highest BCUT2D eigenvalue weighted by Crippen LogP contribution is 2.51. The van der Waals surface area contributed by atoms with Gasteiger partial charge in [-0.05, 0) is 107 Å². The minimum atomic E-state index is -0.0441. The summed E-state index contributed by atoms with van der Waals surface area (Å²) in [6.45, 7) is 4.74. The second-order valence-corrected chi connectivity index (χ2v) is 14.4. The van der Waals surface area contributed by atoms with Crippen LogP contribution in [0.2, 0.25) is 0 Å². The Morgan fingerprint density at radius 1 is 0.391 bits per heavy atom. The van der Waals surface area contributed by atoms with Crippen LogP contribution in [-0.4, -0.2) is 0 Å². The molecule has 0 saturated carbocycles. The third kappa shape index (κ3) is 3.55. The molecule has 0 atom stereocenters. The quantitative estimate of drug-likeness (QED) is 0.173. The first-order chi connectivity index (χ1) is 22.6. The number of benzene rings is 8. The summed E-state index contributed by atoms with van der Waals surface area (Å²) in [5.74, 6) is 0. The van der Waals surface area contributed by atoms with Crippen LogP contribution in [0.4, 0.5) is 0 Å². The molecular weight excluding hydrogens is 573 g/mol. The maximum absolute atomic E-state index is 2.47. The topological polar surface area (TPSA) is 0 Å². The second kappa shape index (κ2) is 9.39. The molecule has 46 heavy (non-hydrogen) atoms. The van der Waals surface area contributed by atoms with Crippen molar-refractivity contribution < 1.29 is 0 Å². The summed E-state index contributed by atoms with van der Waals surface area (Å²) in [5.41, 5.74) is 10.7. The lowest BCUT2D eigenvalue weighted by Gasteiger charge is -2.23. The van der Waals surface area contributed by atoms with Crippen LogP contribution in [0.3, 0.4) is 0 Å². The Bertz CT molecular complexity index is 2660. The van der Waals surface area contributed by atoms with Crippen LogP contribution in [0.15, 0.2) is 146 Å². The van der Waals surface area contributed by atoms with E-state index in [4.69, 9.17) is 0 Å². The van der Waals surface area contributed by atoms with Gasteiger partial charge in [-0.15, -0.1) is 11.3 Å². The van der Waals surface area contributed by atoms with Gasteiger partial charge in [-0.2, -0.15) is 0 Å². The van der Waals surface area contributed by atoms with Gasteiger partial charge in [0.25, 0.3) is 0 Å². The van der Waals surface area contributed by atoms with Crippen molar-refractivity contribution in [3.63, 3.8) is 0 Å². The fraction of sp³-hybridized carbons (Fsp3) is 0.0667. The van der Waals surface area contributed by atoms with Gasteiger partial charge in [0.2, 0.25) is 0 Å². The highest BCUT2D eigenvalue weighted by molar-refractivity contribution is 7.25. The molecule has 0 aliphatic heterocycles. The molecule has 0 spiro atoms. The van der Waals surface area contributed by atoms with Crippen LogP contribution in [0.1, 0.15) is 25.0 Å². The second-order valence-electron chi connectivity index (χ2n) is 13.3. The number of fused-ring (bicyclic) bond motifs is 9. The maximum Gasteiger partial charge on any atom is 0.0361 e. The van der Waals surface area contributed by atoms with Crippen molar-refractivity contribution in [3.8, 4) is 33.4 Å². The van der Waals surface area contributed by atoms with Crippen molar-refractivity contribution in [2.75, 3.05) is 0 Å². The van der Waals surface area contributed by atoms with Gasteiger partial charge < -0.3 is 0 Å². The highest BCUT2D eigenvalue weighted by atomic mass is 32.1. The van der Waals surface area contributed by atoms with E-state index >= 15 is 0 Å². The zero-order valence-corrected chi connectivity index (χ0v) is 26.6. The zero-order valence-electron chi connectivity index (χ0n) is 25.8. The van der Waals surface area contributed by atoms with E-state index in [1.54, 1.807) is 0 Å². The lowest BCUT2D eigenvalue weighted by Crippen LogP contribution is -2.14. The van der Waals surface area contributed by atoms with E-state index in [1.807, 2.05) is 11.3 Å². The Hall–Kier alpha value is -5.24. The normalized spacial score (nSPS) is 13.6. The Morgan fingerprint density at radius 2 is 0.913 bits per heavy atom. The van der Waals surface area contributed by atoms with Crippen LogP contribution in [-0.2, 0) is 5.41 Å². The standard InChI is InChI=1S/C45H30S/c1-45(2)39-18-10-9-13-31(39)32-21-19-30(25-40(32)45)44-35-16-7-5-14-33(35)43(34-15-6-8-17-36(34)44)29-20-22-41-37(24-29)38-23-27-11-3-4-12-28(27)26-42(38)46-41/h3-26H,1-2H3. The fourth-order valence-electron chi connectivity index (χ4n) is 8.23. The number of thiophene rings is 1. The molecule has 0 N–H and O–H groups in total. The summed E-state index contributed by atoms with van der Waals surface area (Å²) in [4.78, 5) is 0. The fourth-order valence-corrected chi connectivity index (χ4v) is 9.34. The lowest BCUT2D eigenvalue weighted by molar-refractivity contribution is 0.660. The third-order valence-electron chi connectivity index (χ3n) is 10.4. The summed E-state index contributed by atoms with van der Waals surface area (Å²) in [5, 5.41) is 10.5. The molecule has 0 nitrogen and oxygen atoms in total. The van der Waals surface area contributed by atoms with Crippen LogP contribution >= 0.6 is 11.3 Å². The minimum absolute atomic E-state index is 0.0441. The first kappa shape index (κ1) is 26.0. The number of hydrogen-bond donors (Lipinski definition) is 0. The van der Waals surface area contributed by atoms with E-state index < -0.39 is 0 Å². The molecule has 10 rings (SSSR count). The molecule has 1 aromatic heterocycles. The molecule has 0 fully saturated rings. The first-order valence-electron chi connectivity index (χ1n) is 16.1. The van der Waals surface area contributed by atoms with Crippen molar-refractivity contribution >= 4 is 63.8 Å². The van der Waals surface area contributed by atoms with E-state index in [0.29, 0.717) is 0 Å². The van der Waals surface area contributed by atoms with E-state index in [2.05, 4.69) is 159 Å². The van der Waals surface area contributed by atoms with Gasteiger partial charge in [0.1, 0.15) is 0 Å². The summed E-state index contributed by atoms with van der Waals surface area (Å²) in [7, 11) is 0. The first-order valence-corrected chi connectivity index (χ1v) is 16.9. The molecule has 0 saturated heterocycles. The minimum Gasteiger partial charge on any atom is -0.135 e. The molecule has 0 radical (unpaired) electrons. The third-order valence-corrected chi connectivity index (χ3v) is 11.6. The van der Waals surface area contributed by atoms with Gasteiger partial charge in [0, 0.05) is 25.6 Å². The van der Waals surface area contributed by atoms with Crippen molar-refractivity contribution in [1.29, 1.82) is 0 Å². The average Bonchev–Trinajstić information content (AvgIpc) is 3.56. The Kier molecular flexibility index (Phi) is 5.31. The van der Waals surface area contributed by atoms with E-state index in [0.717, 1.165) is 0 Å². The summed E-state index contributed by atoms with van der Waals surface area (Å²) < 4.78 is 2.68. The molecule has 1 aliphatic carbocycles. The van der Waals surface area contributed by atoms with Crippen LogP contribution in [0.5, 0.6) is 0 Å². The molecule has 8 aromatic carbocycles. The van der Waals surface area contributed by atoms with Crippen LogP contribution in [0.25, 0.3) is 85.9 Å². The number of rotatable bonds is 2. The van der Waals surface area contributed by atoms with E-state index in [1.165, 1.54) is 97.0 Å². The summed E-state index contributed by atoms with van der Waals surface area (Å²) >= 11 is 1.89. The van der Waals surface area contributed by atoms with Crippen molar-refractivity contribution in [2.24, 2.45) is 0 Å². The van der Waals surface area contributed by atoms with Gasteiger partial charge in [0.15, 0.2) is 0 Å². The van der Waals surface area contributed by atoms with Gasteiger partial charge in [0.05, 0.1) is 0 Å². The molecular formula is C45H30S. The zero-order chi connectivity index (χ0) is 30.6. The summed E-state index contributed by atoms with van der Waals surface area (Å²) in [6.07, 6.45) is 0. The van der Waals surface area contributed by atoms with Gasteiger partial charge >= 0.3 is 0 Å². The van der Waals surface area contributed by atoms with Crippen molar-refractivity contribution in [2.45, 2.75) is 19.3 Å². The van der Waals surface area contributed by atoms with Crippen molar-refractivity contribution in [1.82, 2.24) is 0 Å². The monoisotopic (exact) mass is 602 g/mol. The molecule has 1 heteroatoms. The van der Waals surface area contributed by atoms with Gasteiger partial charge in [-0.3, -0.25) is 0 Å². The highest BCUT2D eigenvalue weighted by Gasteiger charge is 2.35. The van der Waals surface area contributed by atoms with E-state index in [-0.39, 0.29) is 5.41 Å². The van der Waals surface area contributed by atoms with E-state index in [9.17, 15) is 0 Å². The molecule has 0 unspecified atom stereocenters. The van der Waals surface area contributed by atoms with Gasteiger partial charge in [-0.25, -0.2) is 0 Å². The molecule has 0 bridgehead atoms. The maximum atomic E-state index is 2.47. The SMILES string of the molecule is CC1(C)c2ccccc2-c2ccc(-c3c4ccccc4c(-c4ccc5sc6cc7ccccc7cc6c5c4)c4ccccc34)cc21. The lowest BCUT2D eigenvalue weighted by atomic mass is 9.80. The Balaban J connectivity index is 1.24. The predicted molar refractivity (Wildman–Crippen MR) is 200 cm³/mol. The molecule has 216 valence electrons. The largest absolute Gasteiger partial charge is 0.135 e. The Morgan fingerprint density at radius 3 is 1.61 bits per heavy atom. The smallest absolute Gasteiger partial charge is 0.0361 e. The van der Waals surface area contributed by atoms with Crippen LogP contribution < -0.4 is 0 Å². The average molecular weight is 603 g/mol. The molecule has 0 amide bonds. The Labute approximate surface area is 272 Å². The van der Waals surface area contributed by atoms with Crippen molar-refractivity contribution in [3.05, 3.63) is 157 Å².